The number of aromatic nitrogens is 2. The van der Waals surface area contributed by atoms with E-state index in [0.29, 0.717) is 30.1 Å². The molecule has 42 heavy (non-hydrogen) atoms. The predicted molar refractivity (Wildman–Crippen MR) is 161 cm³/mol. The summed E-state index contributed by atoms with van der Waals surface area (Å²) >= 11 is 0. The fourth-order valence-corrected chi connectivity index (χ4v) is 8.15. The molecule has 3 saturated heterocycles. The Morgan fingerprint density at radius 1 is 0.881 bits per heavy atom. The summed E-state index contributed by atoms with van der Waals surface area (Å²) in [6.45, 7) is 0. The van der Waals surface area contributed by atoms with E-state index in [1.807, 2.05) is 59.2 Å². The van der Waals surface area contributed by atoms with Crippen LogP contribution in [0.15, 0.2) is 59.4 Å². The van der Waals surface area contributed by atoms with Gasteiger partial charge in [0, 0.05) is 24.2 Å². The molecule has 0 spiro atoms. The first kappa shape index (κ1) is 27.7. The maximum Gasteiger partial charge on any atom is 0.282 e. The van der Waals surface area contributed by atoms with Gasteiger partial charge in [0.25, 0.3) is 11.5 Å². The van der Waals surface area contributed by atoms with E-state index in [4.69, 9.17) is 4.74 Å². The van der Waals surface area contributed by atoms with E-state index in [2.05, 4.69) is 15.2 Å². The van der Waals surface area contributed by atoms with Crippen LogP contribution in [-0.4, -0.2) is 62.0 Å². The fourth-order valence-electron chi connectivity index (χ4n) is 8.15. The fraction of sp³-hybridized carbons (Fsp3) is 0.559. The molecule has 1 saturated carbocycles. The molecule has 1 aliphatic carbocycles. The molecule has 4 aliphatic rings. The number of aliphatic hydroxyl groups is 1. The highest BCUT2D eigenvalue weighted by Gasteiger charge is 2.46. The normalized spacial score (nSPS) is 29.1. The highest BCUT2D eigenvalue weighted by atomic mass is 16.7. The van der Waals surface area contributed by atoms with Gasteiger partial charge in [0.15, 0.2) is 12.0 Å². The number of aliphatic hydroxyl groups excluding tert-OH is 1. The van der Waals surface area contributed by atoms with Crippen LogP contribution in [-0.2, 0) is 11.2 Å². The van der Waals surface area contributed by atoms with E-state index >= 15 is 0 Å². The highest BCUT2D eigenvalue weighted by Crippen LogP contribution is 2.44. The van der Waals surface area contributed by atoms with Crippen LogP contribution in [0, 0.1) is 0 Å². The third kappa shape index (κ3) is 5.52. The lowest BCUT2D eigenvalue weighted by molar-refractivity contribution is 0.0497. The van der Waals surface area contributed by atoms with Gasteiger partial charge < -0.3 is 19.7 Å². The number of carbonyl (C=O) groups excluding carboxylic acids is 1. The third-order valence-corrected chi connectivity index (χ3v) is 10.1. The number of carbonyl (C=O) groups is 1. The minimum Gasteiger partial charge on any atom is -0.366 e. The largest absolute Gasteiger partial charge is 0.366 e. The smallest absolute Gasteiger partial charge is 0.282 e. The average molecular weight is 571 g/mol. The van der Waals surface area contributed by atoms with Crippen molar-refractivity contribution in [2.75, 3.05) is 0 Å². The molecular formula is C34H42N4O4. The van der Waals surface area contributed by atoms with Gasteiger partial charge in [-0.15, -0.1) is 0 Å². The van der Waals surface area contributed by atoms with Crippen LogP contribution in [0.2, 0.25) is 0 Å². The Balaban J connectivity index is 1.17. The summed E-state index contributed by atoms with van der Waals surface area (Å²) in [4.78, 5) is 35.3. The summed E-state index contributed by atoms with van der Waals surface area (Å²) < 4.78 is 7.23. The van der Waals surface area contributed by atoms with Gasteiger partial charge in [-0.2, -0.15) is 0 Å². The summed E-state index contributed by atoms with van der Waals surface area (Å²) in [5.41, 5.74) is 2.05. The van der Waals surface area contributed by atoms with Crippen LogP contribution in [0.1, 0.15) is 92.7 Å². The minimum absolute atomic E-state index is 0.0351. The first-order valence-corrected chi connectivity index (χ1v) is 16.0. The number of para-hydroxylation sites is 2. The second-order valence-corrected chi connectivity index (χ2v) is 12.8. The molecule has 8 nitrogen and oxygen atoms in total. The van der Waals surface area contributed by atoms with Crippen LogP contribution < -0.4 is 10.9 Å². The molecule has 2 N–H and O–H groups in total. The summed E-state index contributed by atoms with van der Waals surface area (Å²) in [6.07, 6.45) is 12.6. The third-order valence-electron chi connectivity index (χ3n) is 10.1. The van der Waals surface area contributed by atoms with Gasteiger partial charge in [0.05, 0.1) is 17.1 Å². The molecule has 222 valence electrons. The van der Waals surface area contributed by atoms with Gasteiger partial charge in [0.1, 0.15) is 6.10 Å². The molecule has 0 radical (unpaired) electrons. The highest BCUT2D eigenvalue weighted by molar-refractivity contribution is 5.94. The molecule has 7 rings (SSSR count). The van der Waals surface area contributed by atoms with Crippen molar-refractivity contribution < 1.29 is 14.6 Å². The molecule has 8 heteroatoms. The number of rotatable bonds is 7. The molecule has 3 aliphatic heterocycles. The van der Waals surface area contributed by atoms with Crippen molar-refractivity contribution in [2.45, 2.75) is 120 Å². The number of epoxide rings is 1. The maximum absolute atomic E-state index is 14.2. The van der Waals surface area contributed by atoms with Gasteiger partial charge in [-0.3, -0.25) is 14.5 Å². The molecule has 1 aromatic heterocycles. The van der Waals surface area contributed by atoms with Crippen molar-refractivity contribution >= 4 is 16.9 Å². The number of nitrogens with one attached hydrogen (secondary N) is 1. The first-order chi connectivity index (χ1) is 20.6. The molecular weight excluding hydrogens is 528 g/mol. The first-order valence-electron chi connectivity index (χ1n) is 16.0. The van der Waals surface area contributed by atoms with Gasteiger partial charge in [-0.1, -0.05) is 74.6 Å². The molecule has 4 fully saturated rings. The van der Waals surface area contributed by atoms with Crippen molar-refractivity contribution in [2.24, 2.45) is 0 Å². The van der Waals surface area contributed by atoms with E-state index in [1.54, 1.807) is 0 Å². The number of amides is 1. The SMILES string of the molecule is O=C(NC(Cc1ccccc1)C1OC1O)c1nc2ccccc2n([C@H]2C[C@H]3CC[C@@H](C2)N3C2CCCCCCC2)c1=O. The average Bonchev–Trinajstić information content (AvgIpc) is 3.66. The van der Waals surface area contributed by atoms with Crippen molar-refractivity contribution in [1.82, 2.24) is 19.8 Å². The number of fused-ring (bicyclic) bond motifs is 3. The van der Waals surface area contributed by atoms with Crippen LogP contribution in [0.3, 0.4) is 0 Å². The summed E-state index contributed by atoms with van der Waals surface area (Å²) in [6, 6.07) is 18.7. The second-order valence-electron chi connectivity index (χ2n) is 12.8. The lowest BCUT2D eigenvalue weighted by Gasteiger charge is -2.45. The van der Waals surface area contributed by atoms with Gasteiger partial charge in [0.2, 0.25) is 0 Å². The number of nitrogens with zero attached hydrogens (tertiary/aromatic N) is 3. The standard InChI is InChI=1S/C34H42N4O4/c39-32(36-28(31-34(41)42-31)19-22-11-5-4-6-12-22)30-33(40)38(29-16-10-9-15-27(29)35-30)26-20-24-17-18-25(21-26)37(24)23-13-7-2-1-3-8-14-23/h4-6,9-12,15-16,23-26,28,31,34,41H,1-3,7-8,13-14,17-21H2,(H,36,39)/t24-,25+,26+,28?,31?,34?. The van der Waals surface area contributed by atoms with Crippen molar-refractivity contribution in [3.63, 3.8) is 0 Å². The van der Waals surface area contributed by atoms with Crippen molar-refractivity contribution in [3.05, 3.63) is 76.2 Å². The molecule has 3 aromatic rings. The summed E-state index contributed by atoms with van der Waals surface area (Å²) in [7, 11) is 0. The van der Waals surface area contributed by atoms with E-state index in [-0.39, 0.29) is 17.3 Å². The number of hydrogen-bond donors (Lipinski definition) is 2. The zero-order chi connectivity index (χ0) is 28.6. The lowest BCUT2D eigenvalue weighted by Crippen LogP contribution is -2.50. The maximum atomic E-state index is 14.2. The summed E-state index contributed by atoms with van der Waals surface area (Å²) in [5.74, 6) is -0.516. The van der Waals surface area contributed by atoms with Crippen LogP contribution in [0.25, 0.3) is 11.0 Å². The zero-order valence-corrected chi connectivity index (χ0v) is 24.2. The molecule has 4 heterocycles. The quantitative estimate of drug-likeness (QED) is 0.398. The number of ether oxygens (including phenoxy) is 1. The lowest BCUT2D eigenvalue weighted by atomic mass is 9.89. The minimum atomic E-state index is -0.918. The Kier molecular flexibility index (Phi) is 7.86. The van der Waals surface area contributed by atoms with Gasteiger partial charge >= 0.3 is 0 Å². The van der Waals surface area contributed by atoms with E-state index in [1.165, 1.54) is 57.8 Å². The number of benzene rings is 2. The van der Waals surface area contributed by atoms with Crippen molar-refractivity contribution in [3.8, 4) is 0 Å². The van der Waals surface area contributed by atoms with E-state index in [0.717, 1.165) is 23.9 Å². The Morgan fingerprint density at radius 2 is 1.52 bits per heavy atom. The number of piperidine rings is 1. The van der Waals surface area contributed by atoms with Gasteiger partial charge in [-0.25, -0.2) is 4.98 Å². The second kappa shape index (κ2) is 11.9. The molecule has 3 unspecified atom stereocenters. The Morgan fingerprint density at radius 3 is 2.21 bits per heavy atom. The van der Waals surface area contributed by atoms with Crippen LogP contribution >= 0.6 is 0 Å². The van der Waals surface area contributed by atoms with Crippen LogP contribution in [0.5, 0.6) is 0 Å². The predicted octanol–water partition coefficient (Wildman–Crippen LogP) is 4.74. The Labute approximate surface area is 247 Å². The van der Waals surface area contributed by atoms with Crippen molar-refractivity contribution in [1.29, 1.82) is 0 Å². The van der Waals surface area contributed by atoms with E-state index < -0.39 is 24.3 Å². The summed E-state index contributed by atoms with van der Waals surface area (Å²) in [5, 5.41) is 13.0. The molecule has 2 aromatic carbocycles. The zero-order valence-electron chi connectivity index (χ0n) is 24.2. The topological polar surface area (TPSA) is 100.0 Å². The molecule has 6 atom stereocenters. The Hall–Kier alpha value is -3.07. The van der Waals surface area contributed by atoms with Gasteiger partial charge in [-0.05, 0) is 62.6 Å². The number of hydrogen-bond acceptors (Lipinski definition) is 6. The monoisotopic (exact) mass is 570 g/mol. The Bertz CT molecular complexity index is 1450. The molecule has 1 amide bonds. The van der Waals surface area contributed by atoms with Crippen LogP contribution in [0.4, 0.5) is 0 Å². The van der Waals surface area contributed by atoms with E-state index in [9.17, 15) is 14.7 Å². The molecule has 2 bridgehead atoms.